The standard InChI is InChI=1S/C23H19BrCl2N2O4/c1-30-20-8-5-16(24)11-17(20)23(29)28-27-12-14-4-7-21(22(10-14)31-2)32-13-15-3-6-18(25)19(26)9-15/h3-12H,13H2,1-2H3,(H,28,29)/b27-12-. The third-order valence-corrected chi connectivity index (χ3v) is 5.58. The zero-order chi connectivity index (χ0) is 23.1. The van der Waals surface area contributed by atoms with Crippen molar-refractivity contribution >= 4 is 51.3 Å². The lowest BCUT2D eigenvalue weighted by Crippen LogP contribution is -2.18. The van der Waals surface area contributed by atoms with E-state index in [2.05, 4.69) is 26.5 Å². The SMILES string of the molecule is COc1cc(/C=N\NC(=O)c2cc(Br)ccc2OC)ccc1OCc1ccc(Cl)c(Cl)c1. The fraction of sp³-hybridized carbons (Fsp3) is 0.130. The van der Waals surface area contributed by atoms with Crippen LogP contribution in [-0.4, -0.2) is 26.3 Å². The van der Waals surface area contributed by atoms with Crippen LogP contribution >= 0.6 is 39.1 Å². The number of methoxy groups -OCH3 is 2. The number of rotatable bonds is 8. The minimum atomic E-state index is -0.395. The number of hydrazone groups is 1. The summed E-state index contributed by atoms with van der Waals surface area (Å²) in [5.74, 6) is 1.13. The van der Waals surface area contributed by atoms with Crippen LogP contribution in [0.5, 0.6) is 17.2 Å². The van der Waals surface area contributed by atoms with Crippen molar-refractivity contribution in [2.24, 2.45) is 5.10 Å². The Labute approximate surface area is 204 Å². The Morgan fingerprint density at radius 2 is 1.72 bits per heavy atom. The van der Waals surface area contributed by atoms with Crippen LogP contribution in [0, 0.1) is 0 Å². The molecule has 0 aromatic heterocycles. The van der Waals surface area contributed by atoms with Crippen LogP contribution < -0.4 is 19.6 Å². The van der Waals surface area contributed by atoms with E-state index in [1.54, 1.807) is 55.6 Å². The summed E-state index contributed by atoms with van der Waals surface area (Å²) in [6.07, 6.45) is 1.51. The molecule has 0 unspecified atom stereocenters. The summed E-state index contributed by atoms with van der Waals surface area (Å²) >= 11 is 15.3. The predicted octanol–water partition coefficient (Wildman–Crippen LogP) is 6.12. The first-order valence-electron chi connectivity index (χ1n) is 9.33. The summed E-state index contributed by atoms with van der Waals surface area (Å²) in [5, 5.41) is 4.98. The topological polar surface area (TPSA) is 69.2 Å². The third kappa shape index (κ3) is 6.16. The Kier molecular flexibility index (Phi) is 8.39. The lowest BCUT2D eigenvalue weighted by Gasteiger charge is -2.12. The normalized spacial score (nSPS) is 10.8. The van der Waals surface area contributed by atoms with Crippen LogP contribution in [0.1, 0.15) is 21.5 Å². The van der Waals surface area contributed by atoms with E-state index < -0.39 is 5.91 Å². The molecule has 166 valence electrons. The van der Waals surface area contributed by atoms with Crippen molar-refractivity contribution in [3.05, 3.63) is 85.8 Å². The fourth-order valence-electron chi connectivity index (χ4n) is 2.76. The highest BCUT2D eigenvalue weighted by atomic mass is 79.9. The van der Waals surface area contributed by atoms with Gasteiger partial charge in [-0.2, -0.15) is 5.10 Å². The van der Waals surface area contributed by atoms with E-state index in [0.717, 1.165) is 10.0 Å². The van der Waals surface area contributed by atoms with Gasteiger partial charge in [-0.1, -0.05) is 45.2 Å². The van der Waals surface area contributed by atoms with E-state index in [1.165, 1.54) is 13.3 Å². The zero-order valence-electron chi connectivity index (χ0n) is 17.2. The van der Waals surface area contributed by atoms with Gasteiger partial charge >= 0.3 is 0 Å². The molecule has 0 saturated heterocycles. The van der Waals surface area contributed by atoms with Gasteiger partial charge in [0.2, 0.25) is 0 Å². The van der Waals surface area contributed by atoms with E-state index >= 15 is 0 Å². The number of halogens is 3. The summed E-state index contributed by atoms with van der Waals surface area (Å²) in [7, 11) is 3.05. The van der Waals surface area contributed by atoms with Crippen LogP contribution in [0.3, 0.4) is 0 Å². The molecule has 0 radical (unpaired) electrons. The summed E-state index contributed by atoms with van der Waals surface area (Å²) in [6, 6.07) is 15.8. The Morgan fingerprint density at radius 3 is 2.44 bits per heavy atom. The molecule has 0 fully saturated rings. The van der Waals surface area contributed by atoms with Crippen molar-refractivity contribution in [2.75, 3.05) is 14.2 Å². The molecule has 0 aliphatic rings. The zero-order valence-corrected chi connectivity index (χ0v) is 20.3. The highest BCUT2D eigenvalue weighted by molar-refractivity contribution is 9.10. The average molecular weight is 538 g/mol. The van der Waals surface area contributed by atoms with Crippen molar-refractivity contribution < 1.29 is 19.0 Å². The Morgan fingerprint density at radius 1 is 0.969 bits per heavy atom. The maximum atomic E-state index is 12.4. The molecule has 0 aliphatic carbocycles. The van der Waals surface area contributed by atoms with E-state index in [4.69, 9.17) is 37.4 Å². The molecule has 9 heteroatoms. The number of carbonyl (C=O) groups excluding carboxylic acids is 1. The lowest BCUT2D eigenvalue weighted by molar-refractivity contribution is 0.0952. The van der Waals surface area contributed by atoms with Crippen molar-refractivity contribution in [1.29, 1.82) is 0 Å². The number of nitrogens with one attached hydrogen (secondary N) is 1. The van der Waals surface area contributed by atoms with Gasteiger partial charge in [0, 0.05) is 4.47 Å². The second kappa shape index (κ2) is 11.2. The average Bonchev–Trinajstić information content (AvgIpc) is 2.80. The van der Waals surface area contributed by atoms with Gasteiger partial charge in [0.05, 0.1) is 36.0 Å². The number of carbonyl (C=O) groups is 1. The molecular formula is C23H19BrCl2N2O4. The van der Waals surface area contributed by atoms with Gasteiger partial charge in [0.15, 0.2) is 11.5 Å². The van der Waals surface area contributed by atoms with Gasteiger partial charge < -0.3 is 14.2 Å². The number of amides is 1. The minimum Gasteiger partial charge on any atom is -0.496 e. The molecule has 6 nitrogen and oxygen atoms in total. The molecule has 0 spiro atoms. The van der Waals surface area contributed by atoms with Crippen LogP contribution in [0.15, 0.2) is 64.2 Å². The summed E-state index contributed by atoms with van der Waals surface area (Å²) in [5.41, 5.74) is 4.44. The van der Waals surface area contributed by atoms with Crippen molar-refractivity contribution in [2.45, 2.75) is 6.61 Å². The van der Waals surface area contributed by atoms with E-state index in [9.17, 15) is 4.79 Å². The first-order valence-corrected chi connectivity index (χ1v) is 10.9. The highest BCUT2D eigenvalue weighted by Gasteiger charge is 2.12. The second-order valence-electron chi connectivity index (χ2n) is 6.49. The van der Waals surface area contributed by atoms with Crippen LogP contribution in [0.25, 0.3) is 0 Å². The Bertz CT molecular complexity index is 1150. The van der Waals surface area contributed by atoms with Gasteiger partial charge in [0.1, 0.15) is 12.4 Å². The molecule has 1 amide bonds. The number of nitrogens with zero attached hydrogens (tertiary/aromatic N) is 1. The summed E-state index contributed by atoms with van der Waals surface area (Å²) in [6.45, 7) is 0.297. The van der Waals surface area contributed by atoms with Crippen LogP contribution in [0.2, 0.25) is 10.0 Å². The van der Waals surface area contributed by atoms with E-state index in [0.29, 0.717) is 45.0 Å². The molecule has 1 N–H and O–H groups in total. The third-order valence-electron chi connectivity index (χ3n) is 4.35. The highest BCUT2D eigenvalue weighted by Crippen LogP contribution is 2.29. The molecule has 3 rings (SSSR count). The predicted molar refractivity (Wildman–Crippen MR) is 130 cm³/mol. The molecule has 0 bridgehead atoms. The van der Waals surface area contributed by atoms with E-state index in [1.807, 2.05) is 6.07 Å². The van der Waals surface area contributed by atoms with Gasteiger partial charge in [-0.3, -0.25) is 4.79 Å². The van der Waals surface area contributed by atoms with Crippen molar-refractivity contribution in [3.63, 3.8) is 0 Å². The molecule has 32 heavy (non-hydrogen) atoms. The minimum absolute atomic E-state index is 0.297. The molecular weight excluding hydrogens is 519 g/mol. The molecule has 3 aromatic carbocycles. The van der Waals surface area contributed by atoms with Gasteiger partial charge in [0.25, 0.3) is 5.91 Å². The maximum absolute atomic E-state index is 12.4. The number of ether oxygens (including phenoxy) is 3. The summed E-state index contributed by atoms with van der Waals surface area (Å²) in [4.78, 5) is 12.4. The monoisotopic (exact) mass is 536 g/mol. The Balaban J connectivity index is 1.66. The molecule has 3 aromatic rings. The smallest absolute Gasteiger partial charge is 0.275 e. The fourth-order valence-corrected chi connectivity index (χ4v) is 3.44. The second-order valence-corrected chi connectivity index (χ2v) is 8.22. The Hall–Kier alpha value is -2.74. The number of hydrogen-bond donors (Lipinski definition) is 1. The van der Waals surface area contributed by atoms with Gasteiger partial charge in [-0.05, 0) is 59.7 Å². The first-order chi connectivity index (χ1) is 15.4. The molecule has 0 aliphatic heterocycles. The van der Waals surface area contributed by atoms with Crippen LogP contribution in [-0.2, 0) is 6.61 Å². The van der Waals surface area contributed by atoms with Crippen molar-refractivity contribution in [3.8, 4) is 17.2 Å². The van der Waals surface area contributed by atoms with Gasteiger partial charge in [-0.15, -0.1) is 0 Å². The van der Waals surface area contributed by atoms with Crippen molar-refractivity contribution in [1.82, 2.24) is 5.43 Å². The van der Waals surface area contributed by atoms with Gasteiger partial charge in [-0.25, -0.2) is 5.43 Å². The number of hydrogen-bond acceptors (Lipinski definition) is 5. The van der Waals surface area contributed by atoms with E-state index in [-0.39, 0.29) is 0 Å². The largest absolute Gasteiger partial charge is 0.496 e. The summed E-state index contributed by atoms with van der Waals surface area (Å²) < 4.78 is 17.2. The molecule has 0 atom stereocenters. The molecule has 0 heterocycles. The maximum Gasteiger partial charge on any atom is 0.275 e. The quantitative estimate of drug-likeness (QED) is 0.278. The van der Waals surface area contributed by atoms with Crippen LogP contribution in [0.4, 0.5) is 0 Å². The lowest BCUT2D eigenvalue weighted by atomic mass is 10.2. The molecule has 0 saturated carbocycles. The first kappa shape index (κ1) is 23.9. The number of benzene rings is 3.